The van der Waals surface area contributed by atoms with Crippen molar-refractivity contribution in [2.75, 3.05) is 6.54 Å². The molecule has 0 aromatic heterocycles. The molecule has 0 aliphatic carbocycles. The summed E-state index contributed by atoms with van der Waals surface area (Å²) in [7, 11) is 0. The molecule has 0 N–H and O–H groups in total. The van der Waals surface area contributed by atoms with Gasteiger partial charge in [-0.05, 0) is 25.9 Å². The predicted octanol–water partition coefficient (Wildman–Crippen LogP) is 1.29. The van der Waals surface area contributed by atoms with Gasteiger partial charge in [-0.3, -0.25) is 9.98 Å². The molecule has 0 aromatic carbocycles. The topological polar surface area (TPSA) is 24.7 Å². The summed E-state index contributed by atoms with van der Waals surface area (Å²) in [6, 6.07) is 0. The number of hydrogen-bond acceptors (Lipinski definition) is 2. The second-order valence-corrected chi connectivity index (χ2v) is 1.19. The quantitative estimate of drug-likeness (QED) is 0.489. The van der Waals surface area contributed by atoms with Gasteiger partial charge < -0.3 is 0 Å². The third-order valence-corrected chi connectivity index (χ3v) is 0.604. The molecule has 44 valence electrons. The lowest BCUT2D eigenvalue weighted by molar-refractivity contribution is 1.24. The van der Waals surface area contributed by atoms with Gasteiger partial charge in [-0.1, -0.05) is 0 Å². The highest BCUT2D eigenvalue weighted by atomic mass is 14.7. The summed E-state index contributed by atoms with van der Waals surface area (Å²) < 4.78 is 0. The van der Waals surface area contributed by atoms with Crippen LogP contribution in [0.1, 0.15) is 6.92 Å². The van der Waals surface area contributed by atoms with E-state index in [1.807, 2.05) is 13.0 Å². The van der Waals surface area contributed by atoms with E-state index in [-0.39, 0.29) is 0 Å². The van der Waals surface area contributed by atoms with Crippen LogP contribution in [0.5, 0.6) is 0 Å². The van der Waals surface area contributed by atoms with E-state index in [0.29, 0.717) is 6.54 Å². The second kappa shape index (κ2) is 6.08. The fraction of sp³-hybridized carbons (Fsp3) is 0.333. The predicted molar refractivity (Wildman–Crippen MR) is 37.7 cm³/mol. The molecule has 0 rings (SSSR count). The first kappa shape index (κ1) is 7.08. The normalized spacial score (nSPS) is 11.1. The Morgan fingerprint density at radius 2 is 2.38 bits per heavy atom. The smallest absolute Gasteiger partial charge is 0.0583 e. The second-order valence-electron chi connectivity index (χ2n) is 1.19. The minimum Gasteiger partial charge on any atom is -0.294 e. The molecular weight excluding hydrogens is 100 g/mol. The van der Waals surface area contributed by atoms with Crippen LogP contribution in [0.4, 0.5) is 0 Å². The molecule has 2 heteroatoms. The van der Waals surface area contributed by atoms with Gasteiger partial charge in [0.25, 0.3) is 0 Å². The summed E-state index contributed by atoms with van der Waals surface area (Å²) in [5.74, 6) is 0. The SMILES string of the molecule is C=N/C=C\C/N=C\C. The number of rotatable bonds is 3. The van der Waals surface area contributed by atoms with Crippen LogP contribution in [-0.2, 0) is 0 Å². The van der Waals surface area contributed by atoms with Gasteiger partial charge in [0.1, 0.15) is 0 Å². The Morgan fingerprint density at radius 3 is 2.88 bits per heavy atom. The van der Waals surface area contributed by atoms with Crippen LogP contribution in [0.25, 0.3) is 0 Å². The molecule has 0 aromatic rings. The molecule has 0 amide bonds. The van der Waals surface area contributed by atoms with Gasteiger partial charge in [0, 0.05) is 6.20 Å². The van der Waals surface area contributed by atoms with Gasteiger partial charge in [0.2, 0.25) is 0 Å². The Balaban J connectivity index is 3.15. The molecule has 0 heterocycles. The standard InChI is InChI=1S/C6H10N2/c1-3-8-6-4-5-7-2/h3-5H,2,6H2,1H3/b5-4-,8-3-. The van der Waals surface area contributed by atoms with E-state index in [2.05, 4.69) is 16.7 Å². The third kappa shape index (κ3) is 5.08. The lowest BCUT2D eigenvalue weighted by Gasteiger charge is -1.75. The molecule has 0 spiro atoms. The van der Waals surface area contributed by atoms with Gasteiger partial charge in [-0.2, -0.15) is 0 Å². The van der Waals surface area contributed by atoms with Gasteiger partial charge in [0.05, 0.1) is 6.54 Å². The van der Waals surface area contributed by atoms with Crippen LogP contribution in [0.2, 0.25) is 0 Å². The summed E-state index contributed by atoms with van der Waals surface area (Å²) >= 11 is 0. The molecule has 0 radical (unpaired) electrons. The first-order chi connectivity index (χ1) is 3.91. The van der Waals surface area contributed by atoms with Crippen molar-refractivity contribution in [1.29, 1.82) is 0 Å². The van der Waals surface area contributed by atoms with Crippen molar-refractivity contribution < 1.29 is 0 Å². The van der Waals surface area contributed by atoms with E-state index in [1.165, 1.54) is 0 Å². The van der Waals surface area contributed by atoms with Crippen molar-refractivity contribution in [3.05, 3.63) is 12.3 Å². The van der Waals surface area contributed by atoms with Crippen LogP contribution in [-0.4, -0.2) is 19.5 Å². The van der Waals surface area contributed by atoms with Gasteiger partial charge in [-0.15, -0.1) is 0 Å². The van der Waals surface area contributed by atoms with Gasteiger partial charge >= 0.3 is 0 Å². The number of aliphatic imine (C=N–C) groups is 2. The third-order valence-electron chi connectivity index (χ3n) is 0.604. The molecular formula is C6H10N2. The zero-order chi connectivity index (χ0) is 6.24. The fourth-order valence-electron chi connectivity index (χ4n) is 0.288. The van der Waals surface area contributed by atoms with E-state index in [4.69, 9.17) is 0 Å². The van der Waals surface area contributed by atoms with Crippen LogP contribution in [0.3, 0.4) is 0 Å². The minimum atomic E-state index is 0.704. The van der Waals surface area contributed by atoms with Crippen LogP contribution in [0, 0.1) is 0 Å². The Morgan fingerprint density at radius 1 is 1.62 bits per heavy atom. The fourth-order valence-corrected chi connectivity index (χ4v) is 0.288. The Kier molecular flexibility index (Phi) is 5.38. The monoisotopic (exact) mass is 110 g/mol. The highest BCUT2D eigenvalue weighted by Crippen LogP contribution is 1.73. The molecule has 0 fully saturated rings. The van der Waals surface area contributed by atoms with Crippen molar-refractivity contribution in [1.82, 2.24) is 0 Å². The van der Waals surface area contributed by atoms with Crippen molar-refractivity contribution in [3.63, 3.8) is 0 Å². The summed E-state index contributed by atoms with van der Waals surface area (Å²) in [6.07, 6.45) is 5.23. The highest BCUT2D eigenvalue weighted by Gasteiger charge is 1.63. The van der Waals surface area contributed by atoms with E-state index in [9.17, 15) is 0 Å². The van der Waals surface area contributed by atoms with Crippen molar-refractivity contribution in [2.45, 2.75) is 6.92 Å². The molecule has 2 nitrogen and oxygen atoms in total. The summed E-state index contributed by atoms with van der Waals surface area (Å²) in [5.41, 5.74) is 0. The first-order valence-corrected chi connectivity index (χ1v) is 2.47. The molecule has 0 saturated carbocycles. The van der Waals surface area contributed by atoms with E-state index in [0.717, 1.165) is 0 Å². The number of hydrogen-bond donors (Lipinski definition) is 0. The van der Waals surface area contributed by atoms with E-state index < -0.39 is 0 Å². The van der Waals surface area contributed by atoms with E-state index in [1.54, 1.807) is 12.4 Å². The minimum absolute atomic E-state index is 0.704. The summed E-state index contributed by atoms with van der Waals surface area (Å²) in [5, 5.41) is 0. The van der Waals surface area contributed by atoms with Gasteiger partial charge in [-0.25, -0.2) is 0 Å². The zero-order valence-electron chi connectivity index (χ0n) is 5.04. The Bertz CT molecular complexity index is 103. The summed E-state index contributed by atoms with van der Waals surface area (Å²) in [4.78, 5) is 7.41. The lowest BCUT2D eigenvalue weighted by atomic mass is 10.6. The zero-order valence-corrected chi connectivity index (χ0v) is 5.04. The average molecular weight is 110 g/mol. The maximum absolute atomic E-state index is 3.91. The molecule has 0 bridgehead atoms. The maximum atomic E-state index is 3.91. The molecule has 0 atom stereocenters. The molecule has 0 unspecified atom stereocenters. The van der Waals surface area contributed by atoms with Crippen molar-refractivity contribution in [2.24, 2.45) is 9.98 Å². The lowest BCUT2D eigenvalue weighted by Crippen LogP contribution is -1.68. The summed E-state index contributed by atoms with van der Waals surface area (Å²) in [6.45, 7) is 5.86. The molecule has 8 heavy (non-hydrogen) atoms. The van der Waals surface area contributed by atoms with Crippen molar-refractivity contribution >= 4 is 12.9 Å². The van der Waals surface area contributed by atoms with Gasteiger partial charge in [0.15, 0.2) is 0 Å². The van der Waals surface area contributed by atoms with Crippen LogP contribution < -0.4 is 0 Å². The molecule has 0 aliphatic rings. The van der Waals surface area contributed by atoms with E-state index >= 15 is 0 Å². The maximum Gasteiger partial charge on any atom is 0.0583 e. The Labute approximate surface area is 49.7 Å². The average Bonchev–Trinajstić information content (AvgIpc) is 1.81. The van der Waals surface area contributed by atoms with Crippen molar-refractivity contribution in [3.8, 4) is 0 Å². The number of nitrogens with zero attached hydrogens (tertiary/aromatic N) is 2. The highest BCUT2D eigenvalue weighted by molar-refractivity contribution is 5.53. The molecule has 0 aliphatic heterocycles. The first-order valence-electron chi connectivity index (χ1n) is 2.47. The Hall–Kier alpha value is -0.920. The van der Waals surface area contributed by atoms with Crippen LogP contribution >= 0.6 is 0 Å². The largest absolute Gasteiger partial charge is 0.294 e. The molecule has 0 saturated heterocycles. The van der Waals surface area contributed by atoms with Crippen LogP contribution in [0.15, 0.2) is 22.3 Å².